The summed E-state index contributed by atoms with van der Waals surface area (Å²) in [4.78, 5) is 11.6. The van der Waals surface area contributed by atoms with Gasteiger partial charge in [0.2, 0.25) is 0 Å². The van der Waals surface area contributed by atoms with E-state index in [0.29, 0.717) is 12.1 Å². The Morgan fingerprint density at radius 1 is 1.30 bits per heavy atom. The Morgan fingerprint density at radius 3 is 2.35 bits per heavy atom. The Hall–Kier alpha value is -1.69. The van der Waals surface area contributed by atoms with Gasteiger partial charge in [-0.2, -0.15) is 0 Å². The lowest BCUT2D eigenvalue weighted by Gasteiger charge is -2.17. The van der Waals surface area contributed by atoms with Gasteiger partial charge in [0.05, 0.1) is 6.61 Å². The number of hydrogen-bond donors (Lipinski definition) is 1. The van der Waals surface area contributed by atoms with E-state index in [9.17, 15) is 13.6 Å². The maximum Gasteiger partial charge on any atom is 0.347 e. The van der Waals surface area contributed by atoms with Crippen molar-refractivity contribution in [3.63, 3.8) is 0 Å². The molecule has 0 saturated heterocycles. The van der Waals surface area contributed by atoms with Crippen LogP contribution in [0.15, 0.2) is 12.1 Å². The van der Waals surface area contributed by atoms with Crippen molar-refractivity contribution in [2.24, 2.45) is 0 Å². The van der Waals surface area contributed by atoms with Crippen LogP contribution in [0.1, 0.15) is 25.8 Å². The normalized spacial score (nSPS) is 12.1. The van der Waals surface area contributed by atoms with E-state index in [1.54, 1.807) is 20.9 Å². The smallest absolute Gasteiger partial charge is 0.347 e. The minimum Gasteiger partial charge on any atom is -0.473 e. The van der Waals surface area contributed by atoms with Crippen molar-refractivity contribution in [2.45, 2.75) is 32.9 Å². The zero-order valence-electron chi connectivity index (χ0n) is 11.8. The highest BCUT2D eigenvalue weighted by Crippen LogP contribution is 2.25. The van der Waals surface area contributed by atoms with Crippen LogP contribution in [0.2, 0.25) is 0 Å². The lowest BCUT2D eigenvalue weighted by atomic mass is 10.2. The van der Waals surface area contributed by atoms with Crippen molar-refractivity contribution < 1.29 is 23.0 Å². The molecule has 0 aliphatic carbocycles. The van der Waals surface area contributed by atoms with Gasteiger partial charge in [0.1, 0.15) is 0 Å². The van der Waals surface area contributed by atoms with E-state index in [2.05, 4.69) is 5.32 Å². The molecule has 6 heteroatoms. The number of nitrogens with one attached hydrogen (secondary N) is 1. The largest absolute Gasteiger partial charge is 0.473 e. The Labute approximate surface area is 117 Å². The van der Waals surface area contributed by atoms with Crippen LogP contribution < -0.4 is 10.1 Å². The summed E-state index contributed by atoms with van der Waals surface area (Å²) in [6, 6.07) is 2.35. The van der Waals surface area contributed by atoms with E-state index < -0.39 is 29.5 Å². The molecule has 1 rings (SSSR count). The molecule has 0 aromatic heterocycles. The zero-order valence-corrected chi connectivity index (χ0v) is 11.8. The van der Waals surface area contributed by atoms with Gasteiger partial charge in [0.15, 0.2) is 23.5 Å². The molecule has 0 bridgehead atoms. The van der Waals surface area contributed by atoms with Gasteiger partial charge >= 0.3 is 5.97 Å². The fraction of sp³-hybridized carbons (Fsp3) is 0.500. The van der Waals surface area contributed by atoms with E-state index in [1.807, 2.05) is 0 Å². The SMILES string of the molecule is CCOC(=O)C(CC)Oc1c(F)cc(CNC)cc1F. The first-order valence-electron chi connectivity index (χ1n) is 6.49. The van der Waals surface area contributed by atoms with Crippen LogP contribution in [0, 0.1) is 11.6 Å². The topological polar surface area (TPSA) is 47.6 Å². The summed E-state index contributed by atoms with van der Waals surface area (Å²) in [6.45, 7) is 3.85. The maximum atomic E-state index is 13.8. The molecule has 112 valence electrons. The molecule has 20 heavy (non-hydrogen) atoms. The quantitative estimate of drug-likeness (QED) is 0.782. The van der Waals surface area contributed by atoms with Gasteiger partial charge in [-0.05, 0) is 38.1 Å². The van der Waals surface area contributed by atoms with Crippen LogP contribution in [-0.2, 0) is 16.1 Å². The van der Waals surface area contributed by atoms with E-state index in [-0.39, 0.29) is 13.0 Å². The minimum absolute atomic E-state index is 0.185. The number of carbonyl (C=O) groups excluding carboxylic acids is 1. The number of esters is 1. The average molecular weight is 287 g/mol. The van der Waals surface area contributed by atoms with Crippen LogP contribution in [0.3, 0.4) is 0 Å². The molecule has 0 amide bonds. The van der Waals surface area contributed by atoms with E-state index in [4.69, 9.17) is 9.47 Å². The van der Waals surface area contributed by atoms with Crippen molar-refractivity contribution in [2.75, 3.05) is 13.7 Å². The first-order chi connectivity index (χ1) is 9.53. The second-order valence-electron chi connectivity index (χ2n) is 4.19. The van der Waals surface area contributed by atoms with Crippen molar-refractivity contribution >= 4 is 5.97 Å². The lowest BCUT2D eigenvalue weighted by Crippen LogP contribution is -2.29. The van der Waals surface area contributed by atoms with Crippen molar-refractivity contribution in [3.8, 4) is 5.75 Å². The Kier molecular flexibility index (Phi) is 6.38. The molecule has 0 aliphatic heterocycles. The zero-order chi connectivity index (χ0) is 15.1. The fourth-order valence-corrected chi connectivity index (χ4v) is 1.71. The molecule has 0 aliphatic rings. The molecule has 1 atom stereocenters. The van der Waals surface area contributed by atoms with Gasteiger partial charge in [-0.3, -0.25) is 0 Å². The summed E-state index contributed by atoms with van der Waals surface area (Å²) >= 11 is 0. The maximum absolute atomic E-state index is 13.8. The molecule has 1 N–H and O–H groups in total. The summed E-state index contributed by atoms with van der Waals surface area (Å²) in [7, 11) is 1.67. The minimum atomic E-state index is -1.02. The highest BCUT2D eigenvalue weighted by Gasteiger charge is 2.23. The molecule has 1 aromatic rings. The lowest BCUT2D eigenvalue weighted by molar-refractivity contribution is -0.151. The third-order valence-electron chi connectivity index (χ3n) is 2.62. The van der Waals surface area contributed by atoms with E-state index in [1.165, 1.54) is 12.1 Å². The van der Waals surface area contributed by atoms with Gasteiger partial charge in [-0.15, -0.1) is 0 Å². The Bertz CT molecular complexity index is 443. The van der Waals surface area contributed by atoms with Gasteiger partial charge in [0.25, 0.3) is 0 Å². The number of halogens is 2. The first kappa shape index (κ1) is 16.4. The van der Waals surface area contributed by atoms with Crippen LogP contribution >= 0.6 is 0 Å². The molecule has 1 aromatic carbocycles. The van der Waals surface area contributed by atoms with Crippen molar-refractivity contribution in [3.05, 3.63) is 29.3 Å². The van der Waals surface area contributed by atoms with Crippen molar-refractivity contribution in [1.29, 1.82) is 0 Å². The fourth-order valence-electron chi connectivity index (χ4n) is 1.71. The average Bonchev–Trinajstić information content (AvgIpc) is 2.38. The third kappa shape index (κ3) is 4.16. The molecule has 0 heterocycles. The summed E-state index contributed by atoms with van der Waals surface area (Å²) in [5, 5.41) is 2.80. The summed E-state index contributed by atoms with van der Waals surface area (Å²) < 4.78 is 37.6. The highest BCUT2D eigenvalue weighted by molar-refractivity contribution is 5.75. The molecular weight excluding hydrogens is 268 g/mol. The molecule has 0 radical (unpaired) electrons. The second-order valence-corrected chi connectivity index (χ2v) is 4.19. The van der Waals surface area contributed by atoms with Gasteiger partial charge in [-0.25, -0.2) is 13.6 Å². The van der Waals surface area contributed by atoms with E-state index >= 15 is 0 Å². The monoisotopic (exact) mass is 287 g/mol. The number of hydrogen-bond acceptors (Lipinski definition) is 4. The summed E-state index contributed by atoms with van der Waals surface area (Å²) in [5.41, 5.74) is 0.457. The number of rotatable bonds is 7. The van der Waals surface area contributed by atoms with E-state index in [0.717, 1.165) is 0 Å². The van der Waals surface area contributed by atoms with Crippen LogP contribution in [-0.4, -0.2) is 25.7 Å². The summed E-state index contributed by atoms with van der Waals surface area (Å²) in [6.07, 6.45) is -0.759. The van der Waals surface area contributed by atoms with Crippen molar-refractivity contribution in [1.82, 2.24) is 5.32 Å². The Balaban J connectivity index is 2.93. The molecule has 4 nitrogen and oxygen atoms in total. The molecule has 0 spiro atoms. The van der Waals surface area contributed by atoms with Crippen LogP contribution in [0.4, 0.5) is 8.78 Å². The van der Waals surface area contributed by atoms with Gasteiger partial charge < -0.3 is 14.8 Å². The van der Waals surface area contributed by atoms with Gasteiger partial charge in [-0.1, -0.05) is 6.92 Å². The number of benzene rings is 1. The molecule has 0 saturated carbocycles. The molecule has 1 unspecified atom stereocenters. The first-order valence-corrected chi connectivity index (χ1v) is 6.49. The predicted octanol–water partition coefficient (Wildman–Crippen LogP) is 2.40. The predicted molar refractivity (Wildman–Crippen MR) is 70.5 cm³/mol. The Morgan fingerprint density at radius 2 is 1.90 bits per heavy atom. The number of ether oxygens (including phenoxy) is 2. The number of carbonyl (C=O) groups is 1. The highest BCUT2D eigenvalue weighted by atomic mass is 19.1. The van der Waals surface area contributed by atoms with Gasteiger partial charge in [0, 0.05) is 6.54 Å². The molecule has 0 fully saturated rings. The van der Waals surface area contributed by atoms with Crippen LogP contribution in [0.25, 0.3) is 0 Å². The summed E-state index contributed by atoms with van der Waals surface area (Å²) in [5.74, 6) is -2.85. The molecular formula is C14H19F2NO3. The van der Waals surface area contributed by atoms with Crippen LogP contribution in [0.5, 0.6) is 5.75 Å². The third-order valence-corrected chi connectivity index (χ3v) is 2.62. The second kappa shape index (κ2) is 7.79. The standard InChI is InChI=1S/C14H19F2NO3/c1-4-12(14(18)19-5-2)20-13-10(15)6-9(8-17-3)7-11(13)16/h6-7,12,17H,4-5,8H2,1-3H3.